The molecule has 1 aromatic rings. The quantitative estimate of drug-likeness (QED) is 0.797. The molecule has 0 unspecified atom stereocenters. The van der Waals surface area contributed by atoms with Crippen LogP contribution in [0.4, 0.5) is 10.1 Å². The van der Waals surface area contributed by atoms with Gasteiger partial charge in [-0.25, -0.2) is 4.39 Å². The van der Waals surface area contributed by atoms with E-state index in [9.17, 15) is 4.39 Å². The molecule has 0 aliphatic carbocycles. The van der Waals surface area contributed by atoms with Crippen LogP contribution in [0, 0.1) is 11.7 Å². The lowest BCUT2D eigenvalue weighted by Crippen LogP contribution is -2.12. The van der Waals surface area contributed by atoms with Crippen LogP contribution in [0.1, 0.15) is 26.7 Å². The smallest absolute Gasteiger partial charge is 0.167 e. The SMILES string of the molecule is CCC(CC)CNc1ccc(OC)c(F)c1. The molecule has 0 saturated heterocycles. The Labute approximate surface area is 96.8 Å². The van der Waals surface area contributed by atoms with Crippen LogP contribution in [0.3, 0.4) is 0 Å². The number of ether oxygens (including phenoxy) is 1. The van der Waals surface area contributed by atoms with Crippen LogP contribution in [-0.2, 0) is 0 Å². The number of methoxy groups -OCH3 is 1. The van der Waals surface area contributed by atoms with Crippen molar-refractivity contribution in [2.75, 3.05) is 19.0 Å². The van der Waals surface area contributed by atoms with Crippen LogP contribution in [0.2, 0.25) is 0 Å². The Morgan fingerprint density at radius 2 is 2.00 bits per heavy atom. The van der Waals surface area contributed by atoms with Gasteiger partial charge in [0.05, 0.1) is 7.11 Å². The Morgan fingerprint density at radius 1 is 1.31 bits per heavy atom. The molecule has 0 bridgehead atoms. The zero-order valence-electron chi connectivity index (χ0n) is 10.2. The molecule has 16 heavy (non-hydrogen) atoms. The highest BCUT2D eigenvalue weighted by molar-refractivity contribution is 5.47. The highest BCUT2D eigenvalue weighted by Crippen LogP contribution is 2.21. The first-order chi connectivity index (χ1) is 7.71. The number of rotatable bonds is 6. The maximum Gasteiger partial charge on any atom is 0.167 e. The highest BCUT2D eigenvalue weighted by atomic mass is 19.1. The third-order valence-electron chi connectivity index (χ3n) is 2.90. The van der Waals surface area contributed by atoms with Gasteiger partial charge in [-0.2, -0.15) is 0 Å². The van der Waals surface area contributed by atoms with E-state index >= 15 is 0 Å². The zero-order chi connectivity index (χ0) is 12.0. The van der Waals surface area contributed by atoms with Gasteiger partial charge in [0.1, 0.15) is 0 Å². The summed E-state index contributed by atoms with van der Waals surface area (Å²) in [5.74, 6) is 0.607. The van der Waals surface area contributed by atoms with Crippen LogP contribution in [0.15, 0.2) is 18.2 Å². The first kappa shape index (κ1) is 12.8. The van der Waals surface area contributed by atoms with Gasteiger partial charge in [0, 0.05) is 18.3 Å². The molecular weight excluding hydrogens is 205 g/mol. The average Bonchev–Trinajstić information content (AvgIpc) is 2.30. The normalized spacial score (nSPS) is 10.6. The monoisotopic (exact) mass is 225 g/mol. The van der Waals surface area contributed by atoms with Gasteiger partial charge in [0.2, 0.25) is 0 Å². The summed E-state index contributed by atoms with van der Waals surface area (Å²) in [5, 5.41) is 3.24. The number of benzene rings is 1. The molecule has 0 spiro atoms. The largest absolute Gasteiger partial charge is 0.494 e. The van der Waals surface area contributed by atoms with Gasteiger partial charge < -0.3 is 10.1 Å². The van der Waals surface area contributed by atoms with Crippen molar-refractivity contribution in [1.29, 1.82) is 0 Å². The van der Waals surface area contributed by atoms with Gasteiger partial charge in [-0.15, -0.1) is 0 Å². The molecule has 0 amide bonds. The van der Waals surface area contributed by atoms with Gasteiger partial charge in [-0.3, -0.25) is 0 Å². The summed E-state index contributed by atoms with van der Waals surface area (Å²) in [6.45, 7) is 5.23. The Hall–Kier alpha value is -1.25. The summed E-state index contributed by atoms with van der Waals surface area (Å²) in [7, 11) is 1.47. The number of hydrogen-bond acceptors (Lipinski definition) is 2. The van der Waals surface area contributed by atoms with Crippen molar-refractivity contribution in [3.8, 4) is 5.75 Å². The van der Waals surface area contributed by atoms with E-state index in [4.69, 9.17) is 4.74 Å². The maximum atomic E-state index is 13.4. The summed E-state index contributed by atoms with van der Waals surface area (Å²) in [6, 6.07) is 4.95. The predicted octanol–water partition coefficient (Wildman–Crippen LogP) is 3.68. The van der Waals surface area contributed by atoms with E-state index in [2.05, 4.69) is 19.2 Å². The minimum atomic E-state index is -0.322. The Morgan fingerprint density at radius 3 is 2.50 bits per heavy atom. The Bertz CT molecular complexity index is 324. The standard InChI is InChI=1S/C13H20FNO/c1-4-10(5-2)9-15-11-6-7-13(16-3)12(14)8-11/h6-8,10,15H,4-5,9H2,1-3H3. The van der Waals surface area contributed by atoms with Crippen molar-refractivity contribution in [2.45, 2.75) is 26.7 Å². The summed E-state index contributed by atoms with van der Waals surface area (Å²) >= 11 is 0. The molecule has 0 aliphatic rings. The van der Waals surface area contributed by atoms with Crippen LogP contribution in [0.5, 0.6) is 5.75 Å². The second-order valence-electron chi connectivity index (χ2n) is 3.91. The van der Waals surface area contributed by atoms with Gasteiger partial charge in [0.15, 0.2) is 11.6 Å². The molecule has 0 atom stereocenters. The second kappa shape index (κ2) is 6.36. The lowest BCUT2D eigenvalue weighted by Gasteiger charge is -2.14. The molecular formula is C13H20FNO. The van der Waals surface area contributed by atoms with E-state index < -0.39 is 0 Å². The Balaban J connectivity index is 2.58. The van der Waals surface area contributed by atoms with Crippen molar-refractivity contribution in [3.05, 3.63) is 24.0 Å². The van der Waals surface area contributed by atoms with Gasteiger partial charge in [-0.05, 0) is 18.1 Å². The van der Waals surface area contributed by atoms with Crippen molar-refractivity contribution >= 4 is 5.69 Å². The number of hydrogen-bond donors (Lipinski definition) is 1. The third-order valence-corrected chi connectivity index (χ3v) is 2.90. The van der Waals surface area contributed by atoms with Crippen LogP contribution in [-0.4, -0.2) is 13.7 Å². The summed E-state index contributed by atoms with van der Waals surface area (Å²) < 4.78 is 18.2. The Kier molecular flexibility index (Phi) is 5.09. The van der Waals surface area contributed by atoms with Crippen molar-refractivity contribution in [3.63, 3.8) is 0 Å². The molecule has 1 rings (SSSR count). The minimum absolute atomic E-state index is 0.285. The minimum Gasteiger partial charge on any atom is -0.494 e. The molecule has 0 saturated carbocycles. The van der Waals surface area contributed by atoms with Gasteiger partial charge in [0.25, 0.3) is 0 Å². The third kappa shape index (κ3) is 3.40. The zero-order valence-corrected chi connectivity index (χ0v) is 10.2. The highest BCUT2D eigenvalue weighted by Gasteiger charge is 2.05. The molecule has 0 heterocycles. The molecule has 1 N–H and O–H groups in total. The number of anilines is 1. The molecule has 2 nitrogen and oxygen atoms in total. The molecule has 0 aliphatic heterocycles. The van der Waals surface area contributed by atoms with Crippen LogP contribution < -0.4 is 10.1 Å². The van der Waals surface area contributed by atoms with E-state index in [1.165, 1.54) is 13.2 Å². The van der Waals surface area contributed by atoms with E-state index in [1.807, 2.05) is 6.07 Å². The molecule has 1 aromatic carbocycles. The molecule has 0 radical (unpaired) electrons. The molecule has 90 valence electrons. The average molecular weight is 225 g/mol. The summed E-state index contributed by atoms with van der Waals surface area (Å²) in [4.78, 5) is 0. The van der Waals surface area contributed by atoms with Gasteiger partial charge in [-0.1, -0.05) is 26.7 Å². The van der Waals surface area contributed by atoms with E-state index in [0.717, 1.165) is 25.1 Å². The van der Waals surface area contributed by atoms with Crippen LogP contribution in [0.25, 0.3) is 0 Å². The van der Waals surface area contributed by atoms with Crippen molar-refractivity contribution < 1.29 is 9.13 Å². The lowest BCUT2D eigenvalue weighted by atomic mass is 10.0. The fourth-order valence-electron chi connectivity index (χ4n) is 1.62. The fraction of sp³-hybridized carbons (Fsp3) is 0.538. The topological polar surface area (TPSA) is 21.3 Å². The number of halogens is 1. The summed E-state index contributed by atoms with van der Waals surface area (Å²) in [5.41, 5.74) is 0.810. The first-order valence-electron chi connectivity index (χ1n) is 5.78. The summed E-state index contributed by atoms with van der Waals surface area (Å²) in [6.07, 6.45) is 2.28. The first-order valence-corrected chi connectivity index (χ1v) is 5.78. The molecule has 3 heteroatoms. The van der Waals surface area contributed by atoms with Crippen LogP contribution >= 0.6 is 0 Å². The van der Waals surface area contributed by atoms with E-state index in [0.29, 0.717) is 5.92 Å². The van der Waals surface area contributed by atoms with E-state index in [1.54, 1.807) is 6.07 Å². The molecule has 0 fully saturated rings. The second-order valence-corrected chi connectivity index (χ2v) is 3.91. The van der Waals surface area contributed by atoms with Crippen molar-refractivity contribution in [2.24, 2.45) is 5.92 Å². The number of nitrogens with one attached hydrogen (secondary N) is 1. The van der Waals surface area contributed by atoms with Gasteiger partial charge >= 0.3 is 0 Å². The predicted molar refractivity (Wildman–Crippen MR) is 65.5 cm³/mol. The molecule has 0 aromatic heterocycles. The fourth-order valence-corrected chi connectivity index (χ4v) is 1.62. The lowest BCUT2D eigenvalue weighted by molar-refractivity contribution is 0.386. The van der Waals surface area contributed by atoms with E-state index in [-0.39, 0.29) is 11.6 Å². The van der Waals surface area contributed by atoms with Crippen molar-refractivity contribution in [1.82, 2.24) is 0 Å². The maximum absolute atomic E-state index is 13.4.